The molecule has 0 spiro atoms. The fourth-order valence-electron chi connectivity index (χ4n) is 2.83. The molecule has 23 heavy (non-hydrogen) atoms. The molecule has 0 fully saturated rings. The Morgan fingerprint density at radius 3 is 2.61 bits per heavy atom. The summed E-state index contributed by atoms with van der Waals surface area (Å²) >= 11 is 0. The van der Waals surface area contributed by atoms with Crippen molar-refractivity contribution in [3.05, 3.63) is 71.7 Å². The molecule has 3 nitrogen and oxygen atoms in total. The van der Waals surface area contributed by atoms with E-state index in [1.54, 1.807) is 6.26 Å². The molecule has 1 heterocycles. The van der Waals surface area contributed by atoms with Crippen LogP contribution in [0.15, 0.2) is 59.2 Å². The molecule has 0 aliphatic heterocycles. The summed E-state index contributed by atoms with van der Waals surface area (Å²) in [6.45, 7) is 4.70. The van der Waals surface area contributed by atoms with E-state index in [0.717, 1.165) is 17.2 Å². The highest BCUT2D eigenvalue weighted by Gasteiger charge is 2.16. The first kappa shape index (κ1) is 15.8. The fraction of sp³-hybridized carbons (Fsp3) is 0.300. The van der Waals surface area contributed by atoms with Crippen molar-refractivity contribution in [2.24, 2.45) is 0 Å². The lowest BCUT2D eigenvalue weighted by Crippen LogP contribution is -2.32. The van der Waals surface area contributed by atoms with E-state index in [4.69, 9.17) is 4.42 Å². The first-order valence-electron chi connectivity index (χ1n) is 8.06. The van der Waals surface area contributed by atoms with Crippen molar-refractivity contribution < 1.29 is 9.52 Å². The Bertz CT molecular complexity index is 761. The molecule has 3 rings (SSSR count). The van der Waals surface area contributed by atoms with Gasteiger partial charge in [-0.1, -0.05) is 54.1 Å². The Morgan fingerprint density at radius 1 is 1.09 bits per heavy atom. The lowest BCUT2D eigenvalue weighted by atomic mass is 10.1. The monoisotopic (exact) mass is 309 g/mol. The number of fused-ring (bicyclic) bond motifs is 1. The van der Waals surface area contributed by atoms with Crippen molar-refractivity contribution in [2.45, 2.75) is 32.4 Å². The summed E-state index contributed by atoms with van der Waals surface area (Å²) in [5.74, 6) is 0.635. The molecule has 1 aromatic heterocycles. The SMILES string of the molecule is Cc1ccc(CC(C)NCC(O)c2occ3ccccc23)cc1. The van der Waals surface area contributed by atoms with Gasteiger partial charge in [-0.15, -0.1) is 0 Å². The van der Waals surface area contributed by atoms with Crippen molar-refractivity contribution in [1.29, 1.82) is 0 Å². The van der Waals surface area contributed by atoms with Gasteiger partial charge < -0.3 is 14.8 Å². The topological polar surface area (TPSA) is 45.4 Å². The Kier molecular flexibility index (Phi) is 4.79. The Hall–Kier alpha value is -2.10. The predicted molar refractivity (Wildman–Crippen MR) is 93.5 cm³/mol. The van der Waals surface area contributed by atoms with E-state index in [1.165, 1.54) is 11.1 Å². The summed E-state index contributed by atoms with van der Waals surface area (Å²) < 4.78 is 5.55. The molecule has 2 aromatic carbocycles. The smallest absolute Gasteiger partial charge is 0.141 e. The van der Waals surface area contributed by atoms with Gasteiger partial charge in [0, 0.05) is 23.4 Å². The van der Waals surface area contributed by atoms with Gasteiger partial charge in [-0.05, 0) is 25.8 Å². The van der Waals surface area contributed by atoms with E-state index in [0.29, 0.717) is 12.3 Å². The summed E-state index contributed by atoms with van der Waals surface area (Å²) in [5.41, 5.74) is 2.57. The summed E-state index contributed by atoms with van der Waals surface area (Å²) in [6, 6.07) is 16.8. The van der Waals surface area contributed by atoms with Gasteiger partial charge in [0.1, 0.15) is 11.9 Å². The quantitative estimate of drug-likeness (QED) is 0.723. The third-order valence-electron chi connectivity index (χ3n) is 4.16. The number of aryl methyl sites for hydroxylation is 1. The molecule has 3 heteroatoms. The largest absolute Gasteiger partial charge is 0.465 e. The number of rotatable bonds is 6. The van der Waals surface area contributed by atoms with Crippen LogP contribution in [0.2, 0.25) is 0 Å². The molecule has 0 amide bonds. The zero-order valence-corrected chi connectivity index (χ0v) is 13.6. The van der Waals surface area contributed by atoms with Crippen LogP contribution >= 0.6 is 0 Å². The third kappa shape index (κ3) is 3.81. The summed E-state index contributed by atoms with van der Waals surface area (Å²) in [6.07, 6.45) is 1.99. The van der Waals surface area contributed by atoms with Gasteiger partial charge in [-0.3, -0.25) is 0 Å². The second-order valence-corrected chi connectivity index (χ2v) is 6.20. The highest BCUT2D eigenvalue weighted by Crippen LogP contribution is 2.25. The minimum absolute atomic E-state index is 0.286. The van der Waals surface area contributed by atoms with E-state index in [-0.39, 0.29) is 6.04 Å². The van der Waals surface area contributed by atoms with Crippen molar-refractivity contribution in [2.75, 3.05) is 6.54 Å². The molecule has 0 aliphatic rings. The second kappa shape index (κ2) is 6.99. The number of hydrogen-bond donors (Lipinski definition) is 2. The first-order valence-corrected chi connectivity index (χ1v) is 8.06. The second-order valence-electron chi connectivity index (χ2n) is 6.20. The van der Waals surface area contributed by atoms with Crippen LogP contribution in [0.3, 0.4) is 0 Å². The van der Waals surface area contributed by atoms with Crippen LogP contribution < -0.4 is 5.32 Å². The maximum atomic E-state index is 10.4. The maximum Gasteiger partial charge on any atom is 0.141 e. The summed E-state index contributed by atoms with van der Waals surface area (Å²) in [7, 11) is 0. The highest BCUT2D eigenvalue weighted by molar-refractivity contribution is 5.84. The normalized spacial score (nSPS) is 14.0. The van der Waals surface area contributed by atoms with Crippen LogP contribution in [-0.2, 0) is 6.42 Å². The van der Waals surface area contributed by atoms with Crippen LogP contribution in [-0.4, -0.2) is 17.7 Å². The van der Waals surface area contributed by atoms with Gasteiger partial charge in [0.05, 0.1) is 6.26 Å². The molecular weight excluding hydrogens is 286 g/mol. The number of benzene rings is 2. The van der Waals surface area contributed by atoms with E-state index in [1.807, 2.05) is 24.3 Å². The van der Waals surface area contributed by atoms with Gasteiger partial charge >= 0.3 is 0 Å². The number of aliphatic hydroxyl groups excluding tert-OH is 1. The fourth-order valence-corrected chi connectivity index (χ4v) is 2.83. The zero-order valence-electron chi connectivity index (χ0n) is 13.6. The molecule has 2 N–H and O–H groups in total. The summed E-state index contributed by atoms with van der Waals surface area (Å²) in [4.78, 5) is 0. The van der Waals surface area contributed by atoms with Gasteiger partial charge in [-0.2, -0.15) is 0 Å². The Labute approximate surface area is 136 Å². The molecule has 0 aliphatic carbocycles. The molecule has 0 bridgehead atoms. The first-order chi connectivity index (χ1) is 11.1. The molecule has 0 saturated carbocycles. The van der Waals surface area contributed by atoms with Crippen LogP contribution in [0.25, 0.3) is 10.8 Å². The van der Waals surface area contributed by atoms with Gasteiger partial charge in [0.25, 0.3) is 0 Å². The Morgan fingerprint density at radius 2 is 1.83 bits per heavy atom. The number of nitrogens with one attached hydrogen (secondary N) is 1. The van der Waals surface area contributed by atoms with Crippen LogP contribution in [0, 0.1) is 6.92 Å². The van der Waals surface area contributed by atoms with Crippen LogP contribution in [0.5, 0.6) is 0 Å². The molecule has 0 radical (unpaired) electrons. The van der Waals surface area contributed by atoms with E-state index >= 15 is 0 Å². The minimum atomic E-state index is -0.643. The highest BCUT2D eigenvalue weighted by atomic mass is 16.4. The van der Waals surface area contributed by atoms with Gasteiger partial charge in [0.2, 0.25) is 0 Å². The standard InChI is InChI=1S/C20H23NO2/c1-14-7-9-16(10-8-14)11-15(2)21-12-19(22)20-18-6-4-3-5-17(18)13-23-20/h3-10,13,15,19,21-22H,11-12H2,1-2H3. The van der Waals surface area contributed by atoms with E-state index in [9.17, 15) is 5.11 Å². The molecular formula is C20H23NO2. The van der Waals surface area contributed by atoms with Crippen molar-refractivity contribution in [1.82, 2.24) is 5.32 Å². The molecule has 3 aromatic rings. The molecule has 120 valence electrons. The number of furan rings is 1. The minimum Gasteiger partial charge on any atom is -0.465 e. The Balaban J connectivity index is 1.58. The van der Waals surface area contributed by atoms with Gasteiger partial charge in [-0.25, -0.2) is 0 Å². The van der Waals surface area contributed by atoms with Crippen molar-refractivity contribution in [3.63, 3.8) is 0 Å². The maximum absolute atomic E-state index is 10.4. The van der Waals surface area contributed by atoms with E-state index < -0.39 is 6.10 Å². The lowest BCUT2D eigenvalue weighted by molar-refractivity contribution is 0.146. The zero-order chi connectivity index (χ0) is 16.2. The average molecular weight is 309 g/mol. The summed E-state index contributed by atoms with van der Waals surface area (Å²) in [5, 5.41) is 15.8. The van der Waals surface area contributed by atoms with E-state index in [2.05, 4.69) is 43.4 Å². The van der Waals surface area contributed by atoms with Crippen molar-refractivity contribution in [3.8, 4) is 0 Å². The molecule has 2 atom stereocenters. The molecule has 0 saturated heterocycles. The number of hydrogen-bond acceptors (Lipinski definition) is 3. The number of aliphatic hydroxyl groups is 1. The van der Waals surface area contributed by atoms with Gasteiger partial charge in [0.15, 0.2) is 0 Å². The van der Waals surface area contributed by atoms with Crippen molar-refractivity contribution >= 4 is 10.8 Å². The predicted octanol–water partition coefficient (Wildman–Crippen LogP) is 4.00. The third-order valence-corrected chi connectivity index (χ3v) is 4.16. The average Bonchev–Trinajstić information content (AvgIpc) is 2.99. The lowest BCUT2D eigenvalue weighted by Gasteiger charge is -2.16. The van der Waals surface area contributed by atoms with Crippen LogP contribution in [0.1, 0.15) is 29.9 Å². The molecule has 2 unspecified atom stereocenters. The van der Waals surface area contributed by atoms with Crippen LogP contribution in [0.4, 0.5) is 0 Å².